The number of benzene rings is 2. The molecule has 4 rings (SSSR count). The number of hydrogen-bond donors (Lipinski definition) is 3. The van der Waals surface area contributed by atoms with Crippen LogP contribution in [0.25, 0.3) is 10.9 Å². The number of aryl methyl sites for hydroxylation is 1. The van der Waals surface area contributed by atoms with E-state index in [1.807, 2.05) is 24.3 Å². The van der Waals surface area contributed by atoms with Gasteiger partial charge in [0.1, 0.15) is 5.75 Å². The lowest BCUT2D eigenvalue weighted by molar-refractivity contribution is -0.128. The van der Waals surface area contributed by atoms with E-state index in [0.717, 1.165) is 48.3 Å². The Hall–Kier alpha value is -2.35. The highest BCUT2D eigenvalue weighted by atomic mass is 79.9. The van der Waals surface area contributed by atoms with Gasteiger partial charge in [-0.15, -0.1) is 0 Å². The molecule has 1 aliphatic heterocycles. The van der Waals surface area contributed by atoms with E-state index in [9.17, 15) is 4.79 Å². The molecule has 0 spiro atoms. The molecule has 152 valence electrons. The Kier molecular flexibility index (Phi) is 6.18. The molecular formula is C22H24BrN3O3. The summed E-state index contributed by atoms with van der Waals surface area (Å²) >= 11 is 3.60. The number of nitrogens with zero attached hydrogens (tertiary/aromatic N) is 1. The lowest BCUT2D eigenvalue weighted by atomic mass is 10.1. The molecule has 3 aromatic rings. The first-order valence-electron chi connectivity index (χ1n) is 9.80. The molecule has 2 heterocycles. The zero-order valence-corrected chi connectivity index (χ0v) is 17.7. The Bertz CT molecular complexity index is 1010. The number of ether oxygens (including phenoxy) is 1. The molecule has 2 aromatic carbocycles. The van der Waals surface area contributed by atoms with E-state index in [0.29, 0.717) is 6.61 Å². The number of carbonyl (C=O) groups excluding carboxylic acids is 1. The third-order valence-corrected chi connectivity index (χ3v) is 5.79. The molecule has 7 heteroatoms. The monoisotopic (exact) mass is 457 g/mol. The van der Waals surface area contributed by atoms with Gasteiger partial charge in [-0.05, 0) is 54.8 Å². The van der Waals surface area contributed by atoms with Crippen LogP contribution in [0.3, 0.4) is 0 Å². The molecule has 0 radical (unpaired) electrons. The summed E-state index contributed by atoms with van der Waals surface area (Å²) in [4.78, 5) is 11.2. The molecule has 1 aliphatic rings. The maximum absolute atomic E-state index is 11.2. The van der Waals surface area contributed by atoms with E-state index in [1.54, 1.807) is 5.48 Å². The van der Waals surface area contributed by atoms with E-state index in [4.69, 9.17) is 9.94 Å². The second kappa shape index (κ2) is 8.98. The largest absolute Gasteiger partial charge is 0.494 e. The van der Waals surface area contributed by atoms with E-state index < -0.39 is 5.91 Å². The predicted octanol–water partition coefficient (Wildman–Crippen LogP) is 3.57. The highest BCUT2D eigenvalue weighted by Crippen LogP contribution is 2.31. The van der Waals surface area contributed by atoms with Crippen LogP contribution >= 0.6 is 15.9 Å². The maximum Gasteiger partial charge on any atom is 0.247 e. The summed E-state index contributed by atoms with van der Waals surface area (Å²) in [5, 5.41) is 13.4. The number of hydrogen-bond acceptors (Lipinski definition) is 4. The van der Waals surface area contributed by atoms with E-state index in [2.05, 4.69) is 44.0 Å². The normalized spacial score (nSPS) is 13.3. The summed E-state index contributed by atoms with van der Waals surface area (Å²) in [7, 11) is 0. The first-order chi connectivity index (χ1) is 14.2. The smallest absolute Gasteiger partial charge is 0.247 e. The van der Waals surface area contributed by atoms with Gasteiger partial charge in [0.2, 0.25) is 5.91 Å². The van der Waals surface area contributed by atoms with Gasteiger partial charge in [0.15, 0.2) is 0 Å². The molecule has 0 unspecified atom stereocenters. The lowest BCUT2D eigenvalue weighted by Gasteiger charge is -2.17. The number of amides is 1. The number of rotatable bonds is 7. The zero-order chi connectivity index (χ0) is 20.2. The van der Waals surface area contributed by atoms with Crippen molar-refractivity contribution in [2.24, 2.45) is 0 Å². The molecule has 3 N–H and O–H groups in total. The third-order valence-electron chi connectivity index (χ3n) is 5.30. The van der Waals surface area contributed by atoms with Crippen LogP contribution in [0.1, 0.15) is 23.2 Å². The van der Waals surface area contributed by atoms with Crippen LogP contribution in [0.15, 0.2) is 46.9 Å². The van der Waals surface area contributed by atoms with Crippen molar-refractivity contribution in [1.82, 2.24) is 15.4 Å². The zero-order valence-electron chi connectivity index (χ0n) is 16.1. The second-order valence-electron chi connectivity index (χ2n) is 7.22. The fourth-order valence-electron chi connectivity index (χ4n) is 3.94. The van der Waals surface area contributed by atoms with Crippen molar-refractivity contribution in [3.05, 3.63) is 63.8 Å². The number of halogens is 1. The van der Waals surface area contributed by atoms with Crippen LogP contribution in [0.2, 0.25) is 0 Å². The van der Waals surface area contributed by atoms with Gasteiger partial charge in [-0.2, -0.15) is 0 Å². The Balaban J connectivity index is 1.39. The van der Waals surface area contributed by atoms with Crippen LogP contribution < -0.4 is 15.5 Å². The third kappa shape index (κ3) is 4.47. The first kappa shape index (κ1) is 19.9. The SMILES string of the molecule is O=C(Cc1ccc(OCCCn2c3c(c4ccc(Br)cc42)CCNC3)cc1)NO. The van der Waals surface area contributed by atoms with Gasteiger partial charge in [0, 0.05) is 34.2 Å². The molecule has 0 aliphatic carbocycles. The first-order valence-corrected chi connectivity index (χ1v) is 10.6. The van der Waals surface area contributed by atoms with Crippen molar-refractivity contribution in [3.8, 4) is 5.75 Å². The summed E-state index contributed by atoms with van der Waals surface area (Å²) < 4.78 is 9.40. The summed E-state index contributed by atoms with van der Waals surface area (Å²) in [6.07, 6.45) is 2.11. The van der Waals surface area contributed by atoms with Gasteiger partial charge >= 0.3 is 0 Å². The topological polar surface area (TPSA) is 75.5 Å². The molecule has 1 aromatic heterocycles. The minimum absolute atomic E-state index is 0.145. The summed E-state index contributed by atoms with van der Waals surface area (Å²) in [5.74, 6) is 0.351. The molecule has 0 saturated carbocycles. The Morgan fingerprint density at radius 1 is 1.24 bits per heavy atom. The highest BCUT2D eigenvalue weighted by Gasteiger charge is 2.19. The highest BCUT2D eigenvalue weighted by molar-refractivity contribution is 9.10. The number of hydroxylamine groups is 1. The van der Waals surface area contributed by atoms with Gasteiger partial charge in [-0.1, -0.05) is 34.1 Å². The molecule has 0 saturated heterocycles. The van der Waals surface area contributed by atoms with Crippen LogP contribution in [0.4, 0.5) is 0 Å². The van der Waals surface area contributed by atoms with Crippen LogP contribution in [0.5, 0.6) is 5.75 Å². The molecule has 1 amide bonds. The molecule has 0 atom stereocenters. The maximum atomic E-state index is 11.2. The van der Waals surface area contributed by atoms with Gasteiger partial charge in [-0.3, -0.25) is 10.0 Å². The van der Waals surface area contributed by atoms with Crippen LogP contribution in [0, 0.1) is 0 Å². The quantitative estimate of drug-likeness (QED) is 0.288. The Morgan fingerprint density at radius 3 is 2.86 bits per heavy atom. The van der Waals surface area contributed by atoms with E-state index in [1.165, 1.54) is 22.2 Å². The Labute approximate surface area is 177 Å². The number of nitrogens with one attached hydrogen (secondary N) is 2. The average molecular weight is 458 g/mol. The van der Waals surface area contributed by atoms with Gasteiger partial charge < -0.3 is 14.6 Å². The minimum Gasteiger partial charge on any atom is -0.494 e. The van der Waals surface area contributed by atoms with Crippen LogP contribution in [-0.4, -0.2) is 28.8 Å². The van der Waals surface area contributed by atoms with E-state index >= 15 is 0 Å². The van der Waals surface area contributed by atoms with Gasteiger partial charge in [0.25, 0.3) is 0 Å². The van der Waals surface area contributed by atoms with Crippen LogP contribution in [-0.2, 0) is 30.7 Å². The van der Waals surface area contributed by atoms with Gasteiger partial charge in [-0.25, -0.2) is 5.48 Å². The number of carbonyl (C=O) groups is 1. The average Bonchev–Trinajstić information content (AvgIpc) is 3.05. The van der Waals surface area contributed by atoms with Crippen molar-refractivity contribution in [2.75, 3.05) is 13.2 Å². The molecular weight excluding hydrogens is 434 g/mol. The summed E-state index contributed by atoms with van der Waals surface area (Å²) in [5.41, 5.74) is 6.60. The van der Waals surface area contributed by atoms with Crippen molar-refractivity contribution < 1.29 is 14.7 Å². The number of fused-ring (bicyclic) bond motifs is 3. The van der Waals surface area contributed by atoms with Gasteiger partial charge in [0.05, 0.1) is 13.0 Å². The van der Waals surface area contributed by atoms with Crippen molar-refractivity contribution in [1.29, 1.82) is 0 Å². The molecule has 6 nitrogen and oxygen atoms in total. The second-order valence-corrected chi connectivity index (χ2v) is 8.14. The van der Waals surface area contributed by atoms with Crippen molar-refractivity contribution >= 4 is 32.7 Å². The standard InChI is InChI=1S/C22H24BrN3O3/c23-16-4-7-18-19-8-9-24-14-21(19)26(20(18)13-16)10-1-11-29-17-5-2-15(3-6-17)12-22(27)25-28/h2-7,13,24,28H,1,8-12,14H2,(H,25,27). The summed E-state index contributed by atoms with van der Waals surface area (Å²) in [6, 6.07) is 13.9. The fourth-order valence-corrected chi connectivity index (χ4v) is 4.29. The lowest BCUT2D eigenvalue weighted by Crippen LogP contribution is -2.25. The molecule has 29 heavy (non-hydrogen) atoms. The summed E-state index contributed by atoms with van der Waals surface area (Å²) in [6.45, 7) is 3.46. The molecule has 0 bridgehead atoms. The van der Waals surface area contributed by atoms with Crippen molar-refractivity contribution in [2.45, 2.75) is 32.4 Å². The Morgan fingerprint density at radius 2 is 2.07 bits per heavy atom. The fraction of sp³-hybridized carbons (Fsp3) is 0.318. The van der Waals surface area contributed by atoms with E-state index in [-0.39, 0.29) is 6.42 Å². The van der Waals surface area contributed by atoms with Crippen molar-refractivity contribution in [3.63, 3.8) is 0 Å². The molecule has 0 fully saturated rings. The minimum atomic E-state index is -0.429. The predicted molar refractivity (Wildman–Crippen MR) is 115 cm³/mol. The number of aromatic nitrogens is 1.